The van der Waals surface area contributed by atoms with Crippen molar-refractivity contribution in [1.29, 1.82) is 0 Å². The van der Waals surface area contributed by atoms with Crippen LogP contribution < -0.4 is 14.8 Å². The van der Waals surface area contributed by atoms with Crippen molar-refractivity contribution >= 4 is 11.6 Å². The maximum atomic E-state index is 12.4. The lowest BCUT2D eigenvalue weighted by molar-refractivity contribution is 0.102. The van der Waals surface area contributed by atoms with Crippen LogP contribution in [0.25, 0.3) is 0 Å². The Labute approximate surface area is 131 Å². The standard InChI is InChI=1S/C18H21NO3/c1-12(2)13-6-5-7-14(10-13)19-18(20)16-9-8-15(21-3)11-17(16)22-4/h5-12H,1-4H3,(H,19,20). The Bertz CT molecular complexity index is 665. The van der Waals surface area contributed by atoms with Crippen LogP contribution in [-0.4, -0.2) is 20.1 Å². The maximum absolute atomic E-state index is 12.4. The van der Waals surface area contributed by atoms with Gasteiger partial charge in [0.05, 0.1) is 19.8 Å². The number of methoxy groups -OCH3 is 2. The predicted molar refractivity (Wildman–Crippen MR) is 88.0 cm³/mol. The first-order valence-electron chi connectivity index (χ1n) is 7.18. The Hall–Kier alpha value is -2.49. The molecule has 116 valence electrons. The van der Waals surface area contributed by atoms with Crippen LogP contribution in [0, 0.1) is 0 Å². The molecule has 0 heterocycles. The van der Waals surface area contributed by atoms with E-state index in [1.165, 1.54) is 12.7 Å². The lowest BCUT2D eigenvalue weighted by Crippen LogP contribution is -2.13. The third-order valence-corrected chi connectivity index (χ3v) is 3.46. The molecule has 0 unspecified atom stereocenters. The van der Waals surface area contributed by atoms with Crippen LogP contribution in [0.2, 0.25) is 0 Å². The van der Waals surface area contributed by atoms with Gasteiger partial charge < -0.3 is 14.8 Å². The van der Waals surface area contributed by atoms with Gasteiger partial charge in [-0.1, -0.05) is 26.0 Å². The third kappa shape index (κ3) is 3.58. The second-order valence-electron chi connectivity index (χ2n) is 5.30. The summed E-state index contributed by atoms with van der Waals surface area (Å²) in [6.07, 6.45) is 0. The van der Waals surface area contributed by atoms with E-state index in [0.29, 0.717) is 23.0 Å². The molecule has 4 heteroatoms. The topological polar surface area (TPSA) is 47.6 Å². The van der Waals surface area contributed by atoms with Gasteiger partial charge in [-0.15, -0.1) is 0 Å². The van der Waals surface area contributed by atoms with Crippen LogP contribution in [0.4, 0.5) is 5.69 Å². The molecule has 0 aliphatic heterocycles. The largest absolute Gasteiger partial charge is 0.497 e. The van der Waals surface area contributed by atoms with Gasteiger partial charge in [0.2, 0.25) is 0 Å². The molecule has 0 aliphatic carbocycles. The number of anilines is 1. The number of hydrogen-bond donors (Lipinski definition) is 1. The summed E-state index contributed by atoms with van der Waals surface area (Å²) in [6.45, 7) is 4.24. The van der Waals surface area contributed by atoms with Crippen LogP contribution >= 0.6 is 0 Å². The van der Waals surface area contributed by atoms with E-state index in [1.807, 2.05) is 24.3 Å². The normalized spacial score (nSPS) is 10.4. The minimum absolute atomic E-state index is 0.208. The van der Waals surface area contributed by atoms with Gasteiger partial charge in [0, 0.05) is 11.8 Å². The van der Waals surface area contributed by atoms with Crippen molar-refractivity contribution in [3.63, 3.8) is 0 Å². The van der Waals surface area contributed by atoms with Crippen LogP contribution in [0.5, 0.6) is 11.5 Å². The first-order valence-corrected chi connectivity index (χ1v) is 7.18. The highest BCUT2D eigenvalue weighted by atomic mass is 16.5. The molecule has 2 aromatic carbocycles. The zero-order valence-electron chi connectivity index (χ0n) is 13.3. The average Bonchev–Trinajstić information content (AvgIpc) is 2.54. The van der Waals surface area contributed by atoms with Crippen molar-refractivity contribution in [2.75, 3.05) is 19.5 Å². The van der Waals surface area contributed by atoms with E-state index in [2.05, 4.69) is 19.2 Å². The van der Waals surface area contributed by atoms with Gasteiger partial charge in [0.25, 0.3) is 5.91 Å². The Morgan fingerprint density at radius 1 is 1.05 bits per heavy atom. The van der Waals surface area contributed by atoms with Crippen molar-refractivity contribution in [1.82, 2.24) is 0 Å². The van der Waals surface area contributed by atoms with Crippen molar-refractivity contribution < 1.29 is 14.3 Å². The Kier molecular flexibility index (Phi) is 5.04. The lowest BCUT2D eigenvalue weighted by Gasteiger charge is -2.12. The molecule has 0 saturated carbocycles. The van der Waals surface area contributed by atoms with Crippen molar-refractivity contribution in [3.8, 4) is 11.5 Å². The predicted octanol–water partition coefficient (Wildman–Crippen LogP) is 4.08. The second kappa shape index (κ2) is 6.98. The highest BCUT2D eigenvalue weighted by molar-refractivity contribution is 6.06. The number of carbonyl (C=O) groups excluding carboxylic acids is 1. The fraction of sp³-hybridized carbons (Fsp3) is 0.278. The molecule has 0 atom stereocenters. The molecule has 0 bridgehead atoms. The van der Waals surface area contributed by atoms with E-state index in [4.69, 9.17) is 9.47 Å². The van der Waals surface area contributed by atoms with E-state index >= 15 is 0 Å². The van der Waals surface area contributed by atoms with Gasteiger partial charge in [-0.3, -0.25) is 4.79 Å². The monoisotopic (exact) mass is 299 g/mol. The third-order valence-electron chi connectivity index (χ3n) is 3.46. The van der Waals surface area contributed by atoms with Crippen molar-refractivity contribution in [3.05, 3.63) is 53.6 Å². The molecule has 22 heavy (non-hydrogen) atoms. The highest BCUT2D eigenvalue weighted by Crippen LogP contribution is 2.26. The highest BCUT2D eigenvalue weighted by Gasteiger charge is 2.14. The summed E-state index contributed by atoms with van der Waals surface area (Å²) in [6, 6.07) is 13.0. The molecule has 1 N–H and O–H groups in total. The van der Waals surface area contributed by atoms with Gasteiger partial charge in [-0.2, -0.15) is 0 Å². The Morgan fingerprint density at radius 3 is 2.45 bits per heavy atom. The first-order chi connectivity index (χ1) is 10.5. The molecular weight excluding hydrogens is 278 g/mol. The number of ether oxygens (including phenoxy) is 2. The number of carbonyl (C=O) groups is 1. The first kappa shape index (κ1) is 15.9. The zero-order valence-corrected chi connectivity index (χ0v) is 13.3. The summed E-state index contributed by atoms with van der Waals surface area (Å²) < 4.78 is 10.4. The maximum Gasteiger partial charge on any atom is 0.259 e. The van der Waals surface area contributed by atoms with Gasteiger partial charge >= 0.3 is 0 Å². The Morgan fingerprint density at radius 2 is 1.82 bits per heavy atom. The zero-order chi connectivity index (χ0) is 16.1. The molecule has 0 saturated heterocycles. The van der Waals surface area contributed by atoms with Gasteiger partial charge in [0.1, 0.15) is 11.5 Å². The van der Waals surface area contributed by atoms with E-state index in [-0.39, 0.29) is 5.91 Å². The van der Waals surface area contributed by atoms with Crippen LogP contribution in [0.1, 0.15) is 35.7 Å². The molecular formula is C18H21NO3. The molecule has 0 fully saturated rings. The SMILES string of the molecule is COc1ccc(C(=O)Nc2cccc(C(C)C)c2)c(OC)c1. The quantitative estimate of drug-likeness (QED) is 0.905. The molecule has 2 rings (SSSR count). The van der Waals surface area contributed by atoms with E-state index in [0.717, 1.165) is 5.69 Å². The molecule has 0 aliphatic rings. The molecule has 0 aromatic heterocycles. The lowest BCUT2D eigenvalue weighted by atomic mass is 10.0. The fourth-order valence-corrected chi connectivity index (χ4v) is 2.16. The number of amides is 1. The van der Waals surface area contributed by atoms with Gasteiger partial charge in [-0.05, 0) is 35.7 Å². The molecule has 1 amide bonds. The van der Waals surface area contributed by atoms with E-state index < -0.39 is 0 Å². The van der Waals surface area contributed by atoms with Gasteiger partial charge in [-0.25, -0.2) is 0 Å². The van der Waals surface area contributed by atoms with Crippen molar-refractivity contribution in [2.45, 2.75) is 19.8 Å². The summed E-state index contributed by atoms with van der Waals surface area (Å²) in [7, 11) is 3.11. The number of rotatable bonds is 5. The molecule has 4 nitrogen and oxygen atoms in total. The number of nitrogens with one attached hydrogen (secondary N) is 1. The summed E-state index contributed by atoms with van der Waals surface area (Å²) >= 11 is 0. The second-order valence-corrected chi connectivity index (χ2v) is 5.30. The average molecular weight is 299 g/mol. The van der Waals surface area contributed by atoms with Crippen LogP contribution in [-0.2, 0) is 0 Å². The van der Waals surface area contributed by atoms with E-state index in [9.17, 15) is 4.79 Å². The van der Waals surface area contributed by atoms with Crippen LogP contribution in [0.15, 0.2) is 42.5 Å². The molecule has 2 aromatic rings. The van der Waals surface area contributed by atoms with Gasteiger partial charge in [0.15, 0.2) is 0 Å². The summed E-state index contributed by atoms with van der Waals surface area (Å²) in [4.78, 5) is 12.4. The summed E-state index contributed by atoms with van der Waals surface area (Å²) in [5.41, 5.74) is 2.42. The van der Waals surface area contributed by atoms with E-state index in [1.54, 1.807) is 25.3 Å². The minimum Gasteiger partial charge on any atom is -0.497 e. The number of benzene rings is 2. The molecule has 0 spiro atoms. The Balaban J connectivity index is 2.24. The fourth-order valence-electron chi connectivity index (χ4n) is 2.16. The minimum atomic E-state index is -0.208. The summed E-state index contributed by atoms with van der Waals surface area (Å²) in [5, 5.41) is 2.91. The van der Waals surface area contributed by atoms with Crippen LogP contribution in [0.3, 0.4) is 0 Å². The molecule has 0 radical (unpaired) electrons. The van der Waals surface area contributed by atoms with Crippen molar-refractivity contribution in [2.24, 2.45) is 0 Å². The number of hydrogen-bond acceptors (Lipinski definition) is 3. The summed E-state index contributed by atoms with van der Waals surface area (Å²) in [5.74, 6) is 1.33. The smallest absolute Gasteiger partial charge is 0.259 e.